The van der Waals surface area contributed by atoms with Gasteiger partial charge in [0, 0.05) is 0 Å². The van der Waals surface area contributed by atoms with Crippen LogP contribution in [0.1, 0.15) is 16.1 Å². The molecule has 1 aromatic heterocycles. The molecule has 0 aliphatic heterocycles. The number of hydrogen-bond acceptors (Lipinski definition) is 3. The van der Waals surface area contributed by atoms with Crippen LogP contribution in [0.5, 0.6) is 0 Å². The number of nitrogens with zero attached hydrogens (tertiary/aromatic N) is 1. The third-order valence-corrected chi connectivity index (χ3v) is 2.04. The Morgan fingerprint density at radius 2 is 2.29 bits per heavy atom. The molecule has 0 atom stereocenters. The van der Waals surface area contributed by atoms with E-state index in [1.807, 2.05) is 31.2 Å². The zero-order valence-corrected chi connectivity index (χ0v) is 7.73. The Balaban J connectivity index is 2.54. The third-order valence-electron chi connectivity index (χ3n) is 2.04. The smallest absolute Gasteiger partial charge is 0.172 e. The van der Waals surface area contributed by atoms with Gasteiger partial charge in [0.1, 0.15) is 6.26 Å². The van der Waals surface area contributed by atoms with Crippen molar-refractivity contribution >= 4 is 6.29 Å². The number of aromatic nitrogens is 1. The Hall–Kier alpha value is -1.90. The Bertz CT molecular complexity index is 460. The van der Waals surface area contributed by atoms with Crippen LogP contribution in [0, 0.1) is 6.92 Å². The van der Waals surface area contributed by atoms with Crippen LogP contribution >= 0.6 is 0 Å². The number of aryl methyl sites for hydroxylation is 1. The second-order valence-corrected chi connectivity index (χ2v) is 3.10. The van der Waals surface area contributed by atoms with Crippen molar-refractivity contribution in [1.82, 2.24) is 5.16 Å². The highest BCUT2D eigenvalue weighted by Gasteiger charge is 2.08. The second-order valence-electron chi connectivity index (χ2n) is 3.10. The van der Waals surface area contributed by atoms with E-state index >= 15 is 0 Å². The van der Waals surface area contributed by atoms with Crippen LogP contribution in [0.25, 0.3) is 11.1 Å². The largest absolute Gasteiger partial charge is 0.363 e. The van der Waals surface area contributed by atoms with Crippen molar-refractivity contribution < 1.29 is 9.32 Å². The van der Waals surface area contributed by atoms with Gasteiger partial charge in [-0.15, -0.1) is 0 Å². The molecule has 0 bridgehead atoms. The zero-order valence-electron chi connectivity index (χ0n) is 7.73. The molecule has 0 amide bonds. The molecule has 2 rings (SSSR count). The monoisotopic (exact) mass is 187 g/mol. The van der Waals surface area contributed by atoms with Crippen LogP contribution in [-0.2, 0) is 0 Å². The van der Waals surface area contributed by atoms with Crippen LogP contribution in [0.15, 0.2) is 35.1 Å². The van der Waals surface area contributed by atoms with Gasteiger partial charge in [-0.3, -0.25) is 4.79 Å². The lowest BCUT2D eigenvalue weighted by Crippen LogP contribution is -1.84. The van der Waals surface area contributed by atoms with Gasteiger partial charge in [-0.2, -0.15) is 0 Å². The molecule has 0 unspecified atom stereocenters. The van der Waals surface area contributed by atoms with Gasteiger partial charge in [-0.25, -0.2) is 0 Å². The molecule has 3 heteroatoms. The molecule has 1 aromatic carbocycles. The van der Waals surface area contributed by atoms with Gasteiger partial charge >= 0.3 is 0 Å². The van der Waals surface area contributed by atoms with E-state index in [-0.39, 0.29) is 0 Å². The molecule has 70 valence electrons. The van der Waals surface area contributed by atoms with Gasteiger partial charge in [0.25, 0.3) is 0 Å². The summed E-state index contributed by atoms with van der Waals surface area (Å²) in [5, 5.41) is 3.60. The minimum absolute atomic E-state index is 0.343. The third kappa shape index (κ3) is 1.44. The van der Waals surface area contributed by atoms with E-state index in [1.165, 1.54) is 6.26 Å². The summed E-state index contributed by atoms with van der Waals surface area (Å²) in [6, 6.07) is 7.84. The van der Waals surface area contributed by atoms with Crippen LogP contribution in [0.4, 0.5) is 0 Å². The number of carbonyl (C=O) groups excluding carboxylic acids is 1. The first-order chi connectivity index (χ1) is 6.81. The van der Waals surface area contributed by atoms with Crippen molar-refractivity contribution in [3.63, 3.8) is 0 Å². The van der Waals surface area contributed by atoms with Crippen LogP contribution in [-0.4, -0.2) is 11.4 Å². The fourth-order valence-corrected chi connectivity index (χ4v) is 1.36. The van der Waals surface area contributed by atoms with Crippen molar-refractivity contribution in [1.29, 1.82) is 0 Å². The second kappa shape index (κ2) is 3.46. The molecule has 0 aliphatic rings. The highest BCUT2D eigenvalue weighted by Crippen LogP contribution is 2.22. The van der Waals surface area contributed by atoms with E-state index in [9.17, 15) is 4.79 Å². The average molecular weight is 187 g/mol. The quantitative estimate of drug-likeness (QED) is 0.678. The number of aldehydes is 1. The van der Waals surface area contributed by atoms with Crippen LogP contribution in [0.3, 0.4) is 0 Å². The first-order valence-electron chi connectivity index (χ1n) is 4.28. The van der Waals surface area contributed by atoms with E-state index in [1.54, 1.807) is 0 Å². The van der Waals surface area contributed by atoms with E-state index in [0.29, 0.717) is 12.0 Å². The van der Waals surface area contributed by atoms with Gasteiger partial charge in [0.05, 0.1) is 5.56 Å². The number of benzene rings is 1. The molecular formula is C11H9NO2. The van der Waals surface area contributed by atoms with Gasteiger partial charge in [-0.05, 0) is 12.5 Å². The summed E-state index contributed by atoms with van der Waals surface area (Å²) in [6.07, 6.45) is 2.18. The summed E-state index contributed by atoms with van der Waals surface area (Å²) in [4.78, 5) is 10.6. The summed E-state index contributed by atoms with van der Waals surface area (Å²) < 4.78 is 4.75. The Morgan fingerprint density at radius 3 is 3.00 bits per heavy atom. The van der Waals surface area contributed by atoms with Gasteiger partial charge < -0.3 is 4.52 Å². The molecule has 2 aromatic rings. The SMILES string of the molecule is Cc1cccc(-c2conc2C=O)c1. The highest BCUT2D eigenvalue weighted by atomic mass is 16.5. The molecule has 0 saturated heterocycles. The lowest BCUT2D eigenvalue weighted by atomic mass is 10.1. The Morgan fingerprint density at radius 1 is 1.43 bits per heavy atom. The summed E-state index contributed by atoms with van der Waals surface area (Å²) in [5.74, 6) is 0. The summed E-state index contributed by atoms with van der Waals surface area (Å²) in [7, 11) is 0. The van der Waals surface area contributed by atoms with Crippen LogP contribution in [0.2, 0.25) is 0 Å². The zero-order chi connectivity index (χ0) is 9.97. The fraction of sp³-hybridized carbons (Fsp3) is 0.0909. The van der Waals surface area contributed by atoms with E-state index in [4.69, 9.17) is 4.52 Å². The summed E-state index contributed by atoms with van der Waals surface area (Å²) in [6.45, 7) is 2.00. The lowest BCUT2D eigenvalue weighted by molar-refractivity contribution is 0.111. The predicted molar refractivity (Wildman–Crippen MR) is 52.1 cm³/mol. The van der Waals surface area contributed by atoms with Crippen molar-refractivity contribution in [2.45, 2.75) is 6.92 Å². The van der Waals surface area contributed by atoms with Crippen molar-refractivity contribution in [3.05, 3.63) is 41.8 Å². The van der Waals surface area contributed by atoms with Crippen LogP contribution < -0.4 is 0 Å². The number of carbonyl (C=O) groups is 1. The Kier molecular flexibility index (Phi) is 2.14. The molecule has 1 heterocycles. The van der Waals surface area contributed by atoms with Gasteiger partial charge in [0.15, 0.2) is 12.0 Å². The maximum Gasteiger partial charge on any atom is 0.172 e. The predicted octanol–water partition coefficient (Wildman–Crippen LogP) is 2.46. The molecule has 0 N–H and O–H groups in total. The minimum Gasteiger partial charge on any atom is -0.363 e. The maximum absolute atomic E-state index is 10.6. The lowest BCUT2D eigenvalue weighted by Gasteiger charge is -1.98. The molecule has 0 saturated carbocycles. The number of hydrogen-bond donors (Lipinski definition) is 0. The summed E-state index contributed by atoms with van der Waals surface area (Å²) in [5.41, 5.74) is 3.17. The number of rotatable bonds is 2. The molecule has 0 aliphatic carbocycles. The van der Waals surface area contributed by atoms with Gasteiger partial charge in [-0.1, -0.05) is 35.0 Å². The van der Waals surface area contributed by atoms with Crippen molar-refractivity contribution in [3.8, 4) is 11.1 Å². The summed E-state index contributed by atoms with van der Waals surface area (Å²) >= 11 is 0. The standard InChI is InChI=1S/C11H9NO2/c1-8-3-2-4-9(5-8)10-7-14-12-11(10)6-13/h2-7H,1H3. The topological polar surface area (TPSA) is 43.1 Å². The maximum atomic E-state index is 10.6. The van der Waals surface area contributed by atoms with Gasteiger partial charge in [0.2, 0.25) is 0 Å². The van der Waals surface area contributed by atoms with E-state index in [2.05, 4.69) is 5.16 Å². The van der Waals surface area contributed by atoms with Crippen molar-refractivity contribution in [2.75, 3.05) is 0 Å². The normalized spacial score (nSPS) is 10.1. The fourth-order valence-electron chi connectivity index (χ4n) is 1.36. The molecule has 0 fully saturated rings. The minimum atomic E-state index is 0.343. The molecule has 14 heavy (non-hydrogen) atoms. The van der Waals surface area contributed by atoms with E-state index < -0.39 is 0 Å². The van der Waals surface area contributed by atoms with Crippen molar-refractivity contribution in [2.24, 2.45) is 0 Å². The molecule has 0 radical (unpaired) electrons. The first-order valence-corrected chi connectivity index (χ1v) is 4.28. The molecule has 3 nitrogen and oxygen atoms in total. The molecular weight excluding hydrogens is 178 g/mol. The van der Waals surface area contributed by atoms with E-state index in [0.717, 1.165) is 16.7 Å². The first kappa shape index (κ1) is 8.69. The Labute approximate surface area is 81.3 Å². The molecule has 0 spiro atoms. The highest BCUT2D eigenvalue weighted by molar-refractivity contribution is 5.84. The average Bonchev–Trinajstić information content (AvgIpc) is 2.65.